The molecule has 1 aliphatic rings. The summed E-state index contributed by atoms with van der Waals surface area (Å²) in [5.41, 5.74) is 0.275. The average Bonchev–Trinajstić information content (AvgIpc) is 2.63. The van der Waals surface area contributed by atoms with Gasteiger partial charge in [-0.3, -0.25) is 0 Å². The minimum atomic E-state index is -0.382. The van der Waals surface area contributed by atoms with E-state index in [1.165, 1.54) is 39.2 Å². The van der Waals surface area contributed by atoms with Crippen molar-refractivity contribution in [3.05, 3.63) is 67.3 Å². The third-order valence-corrected chi connectivity index (χ3v) is 7.66. The molecule has 3 rings (SSSR count). The molecule has 0 bridgehead atoms. The molecule has 0 radical (unpaired) electrons. The highest BCUT2D eigenvalue weighted by atomic mass is 127. The van der Waals surface area contributed by atoms with Crippen LogP contribution in [0.2, 0.25) is 0 Å². The molecule has 0 aromatic heterocycles. The second-order valence-electron chi connectivity index (χ2n) is 7.22. The molecule has 0 atom stereocenters. The first kappa shape index (κ1) is 18.4. The third-order valence-electron chi connectivity index (χ3n) is 4.98. The van der Waals surface area contributed by atoms with Gasteiger partial charge >= 0.3 is 27.2 Å². The molecule has 1 aliphatic carbocycles. The summed E-state index contributed by atoms with van der Waals surface area (Å²) < 4.78 is 8.59. The van der Waals surface area contributed by atoms with Gasteiger partial charge < -0.3 is 4.74 Å². The zero-order valence-electron chi connectivity index (χ0n) is 15.0. The number of carbonyl (C=O) groups excluding carboxylic acids is 1. The van der Waals surface area contributed by atoms with E-state index in [9.17, 15) is 4.79 Å². The predicted molar refractivity (Wildman–Crippen MR) is 96.3 cm³/mol. The lowest BCUT2D eigenvalue weighted by Gasteiger charge is -2.36. The van der Waals surface area contributed by atoms with Crippen LogP contribution in [-0.2, 0) is 4.74 Å². The predicted octanol–water partition coefficient (Wildman–Crippen LogP) is 2.33. The van der Waals surface area contributed by atoms with Crippen LogP contribution in [0.1, 0.15) is 56.3 Å². The number of esters is 1. The Morgan fingerprint density at radius 3 is 2.16 bits per heavy atom. The first-order chi connectivity index (χ1) is 12.0. The van der Waals surface area contributed by atoms with E-state index in [2.05, 4.69) is 50.2 Å². The molecule has 2 aromatic carbocycles. The number of hydrogen-bond acceptors (Lipinski definition) is 2. The van der Waals surface area contributed by atoms with Crippen LogP contribution in [0.15, 0.2) is 54.6 Å². The fourth-order valence-corrected chi connectivity index (χ4v) is 5.64. The van der Waals surface area contributed by atoms with Gasteiger partial charge in [-0.15, -0.1) is 0 Å². The quantitative estimate of drug-likeness (QED) is 0.518. The van der Waals surface area contributed by atoms with Gasteiger partial charge in [-0.05, 0) is 69.0 Å². The molecule has 132 valence electrons. The van der Waals surface area contributed by atoms with Gasteiger partial charge in [-0.25, -0.2) is 4.79 Å². The summed E-state index contributed by atoms with van der Waals surface area (Å²) in [7, 11) is 0. The average molecular weight is 449 g/mol. The van der Waals surface area contributed by atoms with E-state index in [-0.39, 0.29) is 32.8 Å². The van der Waals surface area contributed by atoms with E-state index in [4.69, 9.17) is 4.74 Å². The van der Waals surface area contributed by atoms with Crippen molar-refractivity contribution in [3.63, 3.8) is 0 Å². The van der Waals surface area contributed by atoms with Crippen LogP contribution >= 0.6 is 0 Å². The molecule has 1 fully saturated rings. The second-order valence-corrected chi connectivity index (χ2v) is 10.3. The van der Waals surface area contributed by atoms with Crippen LogP contribution < -0.4 is 21.2 Å². The normalized spacial score (nSPS) is 15.8. The molecular formula is C22H26IO2+. The Balaban J connectivity index is 1.62. The summed E-state index contributed by atoms with van der Waals surface area (Å²) in [5, 5.41) is 0. The van der Waals surface area contributed by atoms with E-state index in [0.717, 1.165) is 0 Å². The van der Waals surface area contributed by atoms with Gasteiger partial charge in [0.15, 0.2) is 7.14 Å². The maximum atomic E-state index is 12.6. The molecule has 0 amide bonds. The molecule has 0 aliphatic heterocycles. The first-order valence-electron chi connectivity index (χ1n) is 9.08. The van der Waals surface area contributed by atoms with E-state index in [1.807, 2.05) is 18.2 Å². The zero-order chi connectivity index (χ0) is 17.7. The molecule has 3 heteroatoms. The summed E-state index contributed by atoms with van der Waals surface area (Å²) in [4.78, 5) is 12.6. The Hall–Kier alpha value is -1.36. The largest absolute Gasteiger partial charge is 0.456 e. The highest BCUT2D eigenvalue weighted by Crippen LogP contribution is 2.35. The lowest BCUT2D eigenvalue weighted by Crippen LogP contribution is -3.61. The summed E-state index contributed by atoms with van der Waals surface area (Å²) in [5.74, 6) is 0.286. The van der Waals surface area contributed by atoms with Crippen molar-refractivity contribution in [3.8, 4) is 0 Å². The number of halogens is 1. The van der Waals surface area contributed by atoms with Crippen molar-refractivity contribution >= 4 is 5.97 Å². The van der Waals surface area contributed by atoms with E-state index < -0.39 is 0 Å². The number of ether oxygens (including phenoxy) is 1. The van der Waals surface area contributed by atoms with Crippen LogP contribution in [0.4, 0.5) is 0 Å². The molecule has 2 nitrogen and oxygen atoms in total. The maximum Gasteiger partial charge on any atom is 0.357 e. The van der Waals surface area contributed by atoms with Gasteiger partial charge in [-0.1, -0.05) is 37.5 Å². The Kier molecular flexibility index (Phi) is 6.15. The number of hydrogen-bond donors (Lipinski definition) is 0. The highest BCUT2D eigenvalue weighted by Gasteiger charge is 2.34. The Labute approximate surface area is 161 Å². The van der Waals surface area contributed by atoms with Crippen LogP contribution in [0.5, 0.6) is 0 Å². The van der Waals surface area contributed by atoms with E-state index in [1.54, 1.807) is 0 Å². The van der Waals surface area contributed by atoms with Gasteiger partial charge in [-0.2, -0.15) is 0 Å². The van der Waals surface area contributed by atoms with Crippen LogP contribution in [0.25, 0.3) is 0 Å². The van der Waals surface area contributed by atoms with Crippen molar-refractivity contribution in [2.45, 2.75) is 51.6 Å². The van der Waals surface area contributed by atoms with Gasteiger partial charge in [0.2, 0.25) is 0 Å². The Bertz CT molecular complexity index is 686. The molecule has 25 heavy (non-hydrogen) atoms. The molecule has 0 spiro atoms. The summed E-state index contributed by atoms with van der Waals surface area (Å²) in [6, 6.07) is 18.5. The topological polar surface area (TPSA) is 26.3 Å². The minimum Gasteiger partial charge on any atom is -0.456 e. The van der Waals surface area contributed by atoms with Gasteiger partial charge in [0, 0.05) is 0 Å². The summed E-state index contributed by atoms with van der Waals surface area (Å²) in [6.07, 6.45) is 6.15. The molecule has 0 N–H and O–H groups in total. The fourth-order valence-electron chi connectivity index (χ4n) is 3.43. The van der Waals surface area contributed by atoms with Crippen molar-refractivity contribution < 1.29 is 30.7 Å². The lowest BCUT2D eigenvalue weighted by molar-refractivity contribution is -0.597. The zero-order valence-corrected chi connectivity index (χ0v) is 17.2. The number of benzene rings is 2. The molecular weight excluding hydrogens is 423 g/mol. The van der Waals surface area contributed by atoms with Crippen LogP contribution in [0.3, 0.4) is 0 Å². The highest BCUT2D eigenvalue weighted by molar-refractivity contribution is 5.89. The molecule has 0 heterocycles. The smallest absolute Gasteiger partial charge is 0.357 e. The molecule has 0 unspecified atom stereocenters. The van der Waals surface area contributed by atoms with Crippen molar-refractivity contribution in [1.29, 1.82) is 0 Å². The van der Waals surface area contributed by atoms with E-state index >= 15 is 0 Å². The SMILES string of the molecule is CC(C)(OC(=O)c1ccc([I+]c2ccccc2)cc1)C1CCCCC1. The lowest BCUT2D eigenvalue weighted by atomic mass is 9.79. The fraction of sp³-hybridized carbons (Fsp3) is 0.409. The number of rotatable bonds is 5. The summed E-state index contributed by atoms with van der Waals surface area (Å²) >= 11 is -0.195. The molecule has 2 aromatic rings. The Morgan fingerprint density at radius 2 is 1.52 bits per heavy atom. The minimum absolute atomic E-state index is 0.194. The molecule has 1 saturated carbocycles. The summed E-state index contributed by atoms with van der Waals surface area (Å²) in [6.45, 7) is 4.13. The second kappa shape index (κ2) is 8.35. The number of carbonyl (C=O) groups is 1. The van der Waals surface area contributed by atoms with Gasteiger partial charge in [0.25, 0.3) is 0 Å². The maximum absolute atomic E-state index is 12.6. The van der Waals surface area contributed by atoms with Crippen LogP contribution in [0, 0.1) is 13.1 Å². The van der Waals surface area contributed by atoms with E-state index in [0.29, 0.717) is 11.5 Å². The Morgan fingerprint density at radius 1 is 0.920 bits per heavy atom. The van der Waals surface area contributed by atoms with Crippen molar-refractivity contribution in [2.24, 2.45) is 5.92 Å². The standard InChI is InChI=1S/C22H26IO2/c1-22(2,18-9-5-3-6-10-18)25-21(24)17-13-15-20(16-14-17)23-19-11-7-4-8-12-19/h4,7-8,11-16,18H,3,5-6,9-10H2,1-2H3/q+1. The van der Waals surface area contributed by atoms with Gasteiger partial charge in [0.1, 0.15) is 5.60 Å². The third kappa shape index (κ3) is 5.06. The van der Waals surface area contributed by atoms with Gasteiger partial charge in [0.05, 0.1) is 5.56 Å². The monoisotopic (exact) mass is 449 g/mol. The first-order valence-corrected chi connectivity index (χ1v) is 11.2. The van der Waals surface area contributed by atoms with Crippen LogP contribution in [-0.4, -0.2) is 11.6 Å². The van der Waals surface area contributed by atoms with Crippen molar-refractivity contribution in [2.75, 3.05) is 0 Å². The molecule has 0 saturated heterocycles. The van der Waals surface area contributed by atoms with Crippen molar-refractivity contribution in [1.82, 2.24) is 0 Å².